The minimum Gasteiger partial charge on any atom is -0.504 e. The molecule has 5 N–H and O–H groups in total. The lowest BCUT2D eigenvalue weighted by Gasteiger charge is -2.12. The topological polar surface area (TPSA) is 135 Å². The number of benzene rings is 1. The highest BCUT2D eigenvalue weighted by Crippen LogP contribution is 2.31. The van der Waals surface area contributed by atoms with E-state index in [0.717, 1.165) is 43.4 Å². The van der Waals surface area contributed by atoms with Crippen molar-refractivity contribution in [3.63, 3.8) is 0 Å². The van der Waals surface area contributed by atoms with E-state index in [4.69, 9.17) is 15.6 Å². The average molecular weight is 484 g/mol. The van der Waals surface area contributed by atoms with Crippen LogP contribution in [0, 0.1) is 5.92 Å². The molecular formula is C27H37N3O5. The first-order valence-corrected chi connectivity index (χ1v) is 12.0. The molecular weight excluding hydrogens is 446 g/mol. The highest BCUT2D eigenvalue weighted by Gasteiger charge is 2.12. The first-order chi connectivity index (χ1) is 16.8. The number of aromatic hydroxyl groups is 1. The van der Waals surface area contributed by atoms with Crippen LogP contribution in [0.2, 0.25) is 0 Å². The molecule has 0 radical (unpaired) electrons. The molecule has 8 heteroatoms. The molecule has 0 fully saturated rings. The predicted octanol–water partition coefficient (Wildman–Crippen LogP) is 3.64. The maximum absolute atomic E-state index is 12.4. The van der Waals surface area contributed by atoms with E-state index in [9.17, 15) is 14.7 Å². The van der Waals surface area contributed by atoms with Gasteiger partial charge in [0.2, 0.25) is 0 Å². The lowest BCUT2D eigenvalue weighted by Crippen LogP contribution is -2.15. The van der Waals surface area contributed by atoms with Crippen LogP contribution >= 0.6 is 0 Å². The fourth-order valence-corrected chi connectivity index (χ4v) is 3.85. The van der Waals surface area contributed by atoms with Crippen LogP contribution in [0.5, 0.6) is 11.5 Å². The molecule has 0 aliphatic heterocycles. The molecule has 1 aromatic heterocycles. The van der Waals surface area contributed by atoms with Gasteiger partial charge in [0.05, 0.1) is 6.42 Å². The highest BCUT2D eigenvalue weighted by atomic mass is 16.6. The monoisotopic (exact) mass is 483 g/mol. The number of ketones is 2. The number of nitrogens with one attached hydrogen (secondary N) is 1. The molecule has 1 atom stereocenters. The maximum atomic E-state index is 12.4. The number of anilines is 1. The van der Waals surface area contributed by atoms with Gasteiger partial charge in [-0.1, -0.05) is 31.9 Å². The predicted molar refractivity (Wildman–Crippen MR) is 137 cm³/mol. The number of Topliss-reactive ketones (excluding diaryl/α,β-unsaturated/α-hetero) is 1. The number of phenols is 1. The molecule has 0 saturated heterocycles. The van der Waals surface area contributed by atoms with Gasteiger partial charge in [-0.15, -0.1) is 0 Å². The lowest BCUT2D eigenvalue weighted by molar-refractivity contribution is -0.124. The second kappa shape index (κ2) is 14.9. The summed E-state index contributed by atoms with van der Waals surface area (Å²) in [5.41, 5.74) is 7.86. The Balaban J connectivity index is 1.97. The van der Waals surface area contributed by atoms with E-state index in [1.807, 2.05) is 13.1 Å². The zero-order chi connectivity index (χ0) is 25.6. The number of nitrogens with zero attached hydrogens (tertiary/aromatic N) is 1. The number of unbranched alkanes of at least 4 members (excludes halogenated alkanes) is 2. The van der Waals surface area contributed by atoms with Gasteiger partial charge in [0, 0.05) is 12.6 Å². The molecule has 190 valence electrons. The largest absolute Gasteiger partial charge is 0.504 e. The van der Waals surface area contributed by atoms with E-state index >= 15 is 0 Å². The summed E-state index contributed by atoms with van der Waals surface area (Å²) in [5, 5.41) is 22.5. The van der Waals surface area contributed by atoms with Crippen LogP contribution in [0.4, 0.5) is 5.82 Å². The summed E-state index contributed by atoms with van der Waals surface area (Å²) in [6, 6.07) is 6.59. The lowest BCUT2D eigenvalue weighted by atomic mass is 9.98. The van der Waals surface area contributed by atoms with E-state index in [-0.39, 0.29) is 29.5 Å². The Bertz CT molecular complexity index is 989. The summed E-state index contributed by atoms with van der Waals surface area (Å²) in [4.78, 5) is 28.7. The summed E-state index contributed by atoms with van der Waals surface area (Å²) in [5.74, 6) is 0.644. The number of aliphatic hydroxyl groups is 1. The van der Waals surface area contributed by atoms with E-state index < -0.39 is 6.79 Å². The summed E-state index contributed by atoms with van der Waals surface area (Å²) < 4.78 is 5.06. The van der Waals surface area contributed by atoms with Gasteiger partial charge in [-0.05, 0) is 79.7 Å². The van der Waals surface area contributed by atoms with Gasteiger partial charge in [0.1, 0.15) is 11.6 Å². The van der Waals surface area contributed by atoms with Gasteiger partial charge < -0.3 is 26.0 Å². The van der Waals surface area contributed by atoms with Crippen molar-refractivity contribution in [2.24, 2.45) is 5.92 Å². The molecule has 2 aromatic rings. The first kappa shape index (κ1) is 28.0. The summed E-state index contributed by atoms with van der Waals surface area (Å²) in [6.07, 6.45) is 9.29. The molecule has 0 aliphatic rings. The maximum Gasteiger partial charge on any atom is 0.186 e. The number of phenolic OH excluding ortho intramolecular Hbond substituents is 1. The van der Waals surface area contributed by atoms with Crippen LogP contribution in [-0.4, -0.2) is 47.1 Å². The minimum atomic E-state index is -0.597. The smallest absolute Gasteiger partial charge is 0.186 e. The van der Waals surface area contributed by atoms with Crippen LogP contribution in [0.1, 0.15) is 62.1 Å². The van der Waals surface area contributed by atoms with Crippen molar-refractivity contribution in [1.82, 2.24) is 10.3 Å². The number of allylic oxidation sites excluding steroid dienone is 1. The fraction of sp³-hybridized carbons (Fsp3) is 0.444. The molecule has 2 rings (SSSR count). The van der Waals surface area contributed by atoms with Gasteiger partial charge in [0.15, 0.2) is 24.1 Å². The number of hydrogen-bond acceptors (Lipinski definition) is 8. The number of nitrogens with two attached hydrogens (primary N) is 1. The van der Waals surface area contributed by atoms with Crippen LogP contribution in [0.25, 0.3) is 6.08 Å². The van der Waals surface area contributed by atoms with Gasteiger partial charge in [-0.25, -0.2) is 4.98 Å². The van der Waals surface area contributed by atoms with Gasteiger partial charge >= 0.3 is 0 Å². The fourth-order valence-electron chi connectivity index (χ4n) is 3.85. The average Bonchev–Trinajstić information content (AvgIpc) is 2.81. The Morgan fingerprint density at radius 3 is 2.71 bits per heavy atom. The Morgan fingerprint density at radius 2 is 2.03 bits per heavy atom. The van der Waals surface area contributed by atoms with Gasteiger partial charge in [-0.2, -0.15) is 0 Å². The number of carbonyl (C=O) groups is 2. The van der Waals surface area contributed by atoms with Crippen molar-refractivity contribution in [2.45, 2.75) is 51.9 Å². The van der Waals surface area contributed by atoms with E-state index in [2.05, 4.69) is 17.2 Å². The van der Waals surface area contributed by atoms with Crippen molar-refractivity contribution < 1.29 is 24.5 Å². The number of ether oxygens (including phenoxy) is 1. The van der Waals surface area contributed by atoms with Crippen LogP contribution < -0.4 is 15.8 Å². The molecule has 0 aliphatic carbocycles. The zero-order valence-electron chi connectivity index (χ0n) is 20.6. The first-order valence-electron chi connectivity index (χ1n) is 12.0. The molecule has 0 bridgehead atoms. The minimum absolute atomic E-state index is 0.0638. The number of carbonyl (C=O) groups excluding carboxylic acids is 2. The van der Waals surface area contributed by atoms with E-state index in [1.54, 1.807) is 24.4 Å². The van der Waals surface area contributed by atoms with E-state index in [0.29, 0.717) is 30.1 Å². The molecule has 0 unspecified atom stereocenters. The third-order valence-corrected chi connectivity index (χ3v) is 5.71. The Morgan fingerprint density at radius 1 is 1.23 bits per heavy atom. The number of hydrogen-bond donors (Lipinski definition) is 4. The normalized spacial score (nSPS) is 12.1. The summed E-state index contributed by atoms with van der Waals surface area (Å²) >= 11 is 0. The van der Waals surface area contributed by atoms with Crippen molar-refractivity contribution in [1.29, 1.82) is 0 Å². The third kappa shape index (κ3) is 10.3. The van der Waals surface area contributed by atoms with E-state index in [1.165, 1.54) is 12.1 Å². The molecule has 1 aromatic carbocycles. The number of aliphatic hydroxyl groups excluding tert-OH is 1. The standard InChI is InChI=1S/C27H37N3O5/c1-19(16-29-2)6-4-3-5-7-23(32)15-24(33)10-9-21-14-26(35-18-31)25(34)13-22(21)12-20-8-11-27(28)30-17-20/h8-11,13-14,17,19,29,31,34H,3-7,12,15-16,18H2,1-2H3,(H2,28,30)/t19-/m1/s1. The number of rotatable bonds is 16. The van der Waals surface area contributed by atoms with Crippen LogP contribution in [0.15, 0.2) is 36.5 Å². The quantitative estimate of drug-likeness (QED) is 0.123. The van der Waals surface area contributed by atoms with Crippen LogP contribution in [-0.2, 0) is 16.0 Å². The Kier molecular flexibility index (Phi) is 11.9. The van der Waals surface area contributed by atoms with Gasteiger partial charge in [-0.3, -0.25) is 9.59 Å². The Labute approximate surface area is 207 Å². The molecule has 0 amide bonds. The molecule has 8 nitrogen and oxygen atoms in total. The number of nitrogen functional groups attached to an aromatic ring is 1. The molecule has 1 heterocycles. The Hall–Kier alpha value is -3.23. The highest BCUT2D eigenvalue weighted by molar-refractivity contribution is 6.06. The van der Waals surface area contributed by atoms with Crippen molar-refractivity contribution in [2.75, 3.05) is 26.1 Å². The zero-order valence-corrected chi connectivity index (χ0v) is 20.6. The second-order valence-corrected chi connectivity index (χ2v) is 8.84. The molecule has 0 saturated carbocycles. The van der Waals surface area contributed by atoms with Crippen molar-refractivity contribution >= 4 is 23.5 Å². The SMILES string of the molecule is CNC[C@H](C)CCCCCC(=O)CC(=O)C=Cc1cc(OCO)c(O)cc1Cc1ccc(N)nc1. The number of aromatic nitrogens is 1. The second-order valence-electron chi connectivity index (χ2n) is 8.84. The van der Waals surface area contributed by atoms with Crippen LogP contribution in [0.3, 0.4) is 0 Å². The summed E-state index contributed by atoms with van der Waals surface area (Å²) in [6.45, 7) is 2.60. The van der Waals surface area contributed by atoms with Crippen molar-refractivity contribution in [3.05, 3.63) is 53.2 Å². The molecule has 35 heavy (non-hydrogen) atoms. The van der Waals surface area contributed by atoms with Crippen molar-refractivity contribution in [3.8, 4) is 11.5 Å². The molecule has 0 spiro atoms. The summed E-state index contributed by atoms with van der Waals surface area (Å²) in [7, 11) is 1.95. The number of pyridine rings is 1. The third-order valence-electron chi connectivity index (χ3n) is 5.71. The van der Waals surface area contributed by atoms with Gasteiger partial charge in [0.25, 0.3) is 0 Å².